The Balaban J connectivity index is 2.10. The molecular weight excluding hydrogens is 350 g/mol. The number of methoxy groups -OCH3 is 3. The van der Waals surface area contributed by atoms with E-state index in [9.17, 15) is 9.59 Å². The summed E-state index contributed by atoms with van der Waals surface area (Å²) in [7, 11) is 6.06. The Kier molecular flexibility index (Phi) is 6.87. The maximum Gasteiger partial charge on any atom is 0.253 e. The fraction of sp³-hybridized carbons (Fsp3) is 0.263. The summed E-state index contributed by atoms with van der Waals surface area (Å²) in [6.45, 7) is -0.0231. The highest BCUT2D eigenvalue weighted by molar-refractivity contribution is 6.00. The monoisotopic (exact) mass is 373 g/mol. The summed E-state index contributed by atoms with van der Waals surface area (Å²) in [5.74, 6) is 0.782. The van der Waals surface area contributed by atoms with Gasteiger partial charge in [0.2, 0.25) is 11.7 Å². The molecule has 8 heteroatoms. The van der Waals surface area contributed by atoms with Crippen molar-refractivity contribution in [2.24, 2.45) is 0 Å². The van der Waals surface area contributed by atoms with Crippen molar-refractivity contribution in [2.75, 3.05) is 45.6 Å². The van der Waals surface area contributed by atoms with Gasteiger partial charge in [0.15, 0.2) is 11.5 Å². The SMILES string of the molecule is CNC(=O)c1ccccc1NCC(=O)Nc1cc(OC)c(OC)c(OC)c1. The molecule has 2 aromatic carbocycles. The third-order valence-corrected chi connectivity index (χ3v) is 3.79. The molecule has 0 atom stereocenters. The van der Waals surface area contributed by atoms with E-state index in [0.717, 1.165) is 0 Å². The molecule has 0 unspecified atom stereocenters. The maximum atomic E-state index is 12.3. The number of hydrogen-bond donors (Lipinski definition) is 3. The van der Waals surface area contributed by atoms with Crippen molar-refractivity contribution in [3.8, 4) is 17.2 Å². The van der Waals surface area contributed by atoms with Gasteiger partial charge in [-0.2, -0.15) is 0 Å². The van der Waals surface area contributed by atoms with Crippen molar-refractivity contribution in [3.05, 3.63) is 42.0 Å². The van der Waals surface area contributed by atoms with Gasteiger partial charge < -0.3 is 30.2 Å². The van der Waals surface area contributed by atoms with E-state index >= 15 is 0 Å². The molecule has 8 nitrogen and oxygen atoms in total. The molecule has 2 rings (SSSR count). The third kappa shape index (κ3) is 4.81. The van der Waals surface area contributed by atoms with Crippen LogP contribution in [0.1, 0.15) is 10.4 Å². The van der Waals surface area contributed by atoms with Gasteiger partial charge in [-0.15, -0.1) is 0 Å². The zero-order valence-corrected chi connectivity index (χ0v) is 15.7. The molecule has 0 fully saturated rings. The van der Waals surface area contributed by atoms with Crippen LogP contribution in [0, 0.1) is 0 Å². The average molecular weight is 373 g/mol. The molecule has 27 heavy (non-hydrogen) atoms. The highest BCUT2D eigenvalue weighted by Gasteiger charge is 2.15. The Bertz CT molecular complexity index is 798. The van der Waals surface area contributed by atoms with Crippen molar-refractivity contribution in [1.82, 2.24) is 5.32 Å². The van der Waals surface area contributed by atoms with Crippen LogP contribution in [0.4, 0.5) is 11.4 Å². The number of benzene rings is 2. The molecule has 0 aliphatic carbocycles. The van der Waals surface area contributed by atoms with Gasteiger partial charge in [0, 0.05) is 30.6 Å². The second kappa shape index (κ2) is 9.33. The molecule has 0 saturated heterocycles. The first kappa shape index (κ1) is 19.9. The third-order valence-electron chi connectivity index (χ3n) is 3.79. The van der Waals surface area contributed by atoms with Crippen molar-refractivity contribution < 1.29 is 23.8 Å². The van der Waals surface area contributed by atoms with Crippen LogP contribution in [0.5, 0.6) is 17.2 Å². The second-order valence-electron chi connectivity index (χ2n) is 5.44. The van der Waals surface area contributed by atoms with E-state index in [2.05, 4.69) is 16.0 Å². The summed E-state index contributed by atoms with van der Waals surface area (Å²) in [6, 6.07) is 10.2. The topological polar surface area (TPSA) is 97.9 Å². The fourth-order valence-corrected chi connectivity index (χ4v) is 2.50. The number of anilines is 2. The van der Waals surface area contributed by atoms with Crippen LogP contribution in [0.25, 0.3) is 0 Å². The minimum atomic E-state index is -0.295. The van der Waals surface area contributed by atoms with Crippen LogP contribution in [0.3, 0.4) is 0 Å². The van der Waals surface area contributed by atoms with Gasteiger partial charge in [-0.1, -0.05) is 12.1 Å². The van der Waals surface area contributed by atoms with E-state index in [1.807, 2.05) is 0 Å². The van der Waals surface area contributed by atoms with Gasteiger partial charge in [0.05, 0.1) is 33.4 Å². The molecule has 0 aliphatic rings. The van der Waals surface area contributed by atoms with E-state index in [0.29, 0.717) is 34.2 Å². The number of para-hydroxylation sites is 1. The lowest BCUT2D eigenvalue weighted by Gasteiger charge is -2.15. The molecule has 0 spiro atoms. The Labute approximate surface area is 157 Å². The number of hydrogen-bond acceptors (Lipinski definition) is 6. The first-order valence-corrected chi connectivity index (χ1v) is 8.18. The summed E-state index contributed by atoms with van der Waals surface area (Å²) in [4.78, 5) is 24.2. The van der Waals surface area contributed by atoms with Gasteiger partial charge in [0.1, 0.15) is 0 Å². The Morgan fingerprint density at radius 2 is 1.59 bits per heavy atom. The standard InChI is InChI=1S/C19H23N3O5/c1-20-19(24)13-7-5-6-8-14(13)21-11-17(23)22-12-9-15(25-2)18(27-4)16(10-12)26-3/h5-10,21H,11H2,1-4H3,(H,20,24)(H,22,23). The summed E-state index contributed by atoms with van der Waals surface area (Å²) < 4.78 is 15.8. The highest BCUT2D eigenvalue weighted by Crippen LogP contribution is 2.39. The fourth-order valence-electron chi connectivity index (χ4n) is 2.50. The summed E-state index contributed by atoms with van der Waals surface area (Å²) in [5, 5.41) is 8.29. The second-order valence-corrected chi connectivity index (χ2v) is 5.44. The first-order valence-electron chi connectivity index (χ1n) is 8.18. The van der Waals surface area contributed by atoms with Gasteiger partial charge >= 0.3 is 0 Å². The lowest BCUT2D eigenvalue weighted by Crippen LogP contribution is -2.24. The normalized spacial score (nSPS) is 9.93. The van der Waals surface area contributed by atoms with Crippen LogP contribution in [-0.2, 0) is 4.79 Å². The van der Waals surface area contributed by atoms with Crippen LogP contribution < -0.4 is 30.2 Å². The summed E-state index contributed by atoms with van der Waals surface area (Å²) >= 11 is 0. The Morgan fingerprint density at radius 1 is 0.963 bits per heavy atom. The van der Waals surface area contributed by atoms with Gasteiger partial charge in [0.25, 0.3) is 5.91 Å². The largest absolute Gasteiger partial charge is 0.493 e. The van der Waals surface area contributed by atoms with Crippen LogP contribution in [0.2, 0.25) is 0 Å². The molecule has 0 saturated carbocycles. The van der Waals surface area contributed by atoms with E-state index < -0.39 is 0 Å². The lowest BCUT2D eigenvalue weighted by molar-refractivity contribution is -0.114. The quantitative estimate of drug-likeness (QED) is 0.656. The number of carbonyl (C=O) groups is 2. The van der Waals surface area contributed by atoms with Crippen molar-refractivity contribution >= 4 is 23.2 Å². The van der Waals surface area contributed by atoms with Gasteiger partial charge in [-0.05, 0) is 12.1 Å². The summed E-state index contributed by atoms with van der Waals surface area (Å²) in [6.07, 6.45) is 0. The van der Waals surface area contributed by atoms with E-state index in [-0.39, 0.29) is 18.4 Å². The molecule has 144 valence electrons. The van der Waals surface area contributed by atoms with Crippen molar-refractivity contribution in [2.45, 2.75) is 0 Å². The zero-order valence-electron chi connectivity index (χ0n) is 15.7. The highest BCUT2D eigenvalue weighted by atomic mass is 16.5. The first-order chi connectivity index (χ1) is 13.0. The molecule has 0 aliphatic heterocycles. The molecule has 0 aromatic heterocycles. The van der Waals surface area contributed by atoms with Gasteiger partial charge in [-0.25, -0.2) is 0 Å². The number of ether oxygens (including phenoxy) is 3. The number of nitrogens with one attached hydrogen (secondary N) is 3. The number of carbonyl (C=O) groups excluding carboxylic acids is 2. The molecule has 2 amide bonds. The van der Waals surface area contributed by atoms with Crippen molar-refractivity contribution in [1.29, 1.82) is 0 Å². The lowest BCUT2D eigenvalue weighted by atomic mass is 10.1. The number of amides is 2. The molecule has 0 heterocycles. The van der Waals surface area contributed by atoms with E-state index in [4.69, 9.17) is 14.2 Å². The minimum absolute atomic E-state index is 0.0231. The van der Waals surface area contributed by atoms with Crippen LogP contribution in [-0.4, -0.2) is 46.7 Å². The van der Waals surface area contributed by atoms with Crippen molar-refractivity contribution in [3.63, 3.8) is 0 Å². The zero-order chi connectivity index (χ0) is 19.8. The molecule has 0 bridgehead atoms. The minimum Gasteiger partial charge on any atom is -0.493 e. The molecule has 3 N–H and O–H groups in total. The van der Waals surface area contributed by atoms with E-state index in [1.165, 1.54) is 21.3 Å². The molecule has 2 aromatic rings. The predicted molar refractivity (Wildman–Crippen MR) is 103 cm³/mol. The van der Waals surface area contributed by atoms with Gasteiger partial charge in [-0.3, -0.25) is 9.59 Å². The molecular formula is C19H23N3O5. The average Bonchev–Trinajstić information content (AvgIpc) is 2.70. The Hall–Kier alpha value is -3.42. The molecule has 0 radical (unpaired) electrons. The Morgan fingerprint density at radius 3 is 2.15 bits per heavy atom. The number of rotatable bonds is 8. The summed E-state index contributed by atoms with van der Waals surface area (Å²) in [5.41, 5.74) is 1.52. The predicted octanol–water partition coefficient (Wildman–Crippen LogP) is 2.12. The smallest absolute Gasteiger partial charge is 0.253 e. The maximum absolute atomic E-state index is 12.3. The van der Waals surface area contributed by atoms with Crippen LogP contribution in [0.15, 0.2) is 36.4 Å². The van der Waals surface area contributed by atoms with E-state index in [1.54, 1.807) is 43.4 Å². The van der Waals surface area contributed by atoms with Crippen LogP contribution >= 0.6 is 0 Å².